The van der Waals surface area contributed by atoms with Gasteiger partial charge in [0, 0.05) is 7.05 Å². The number of nitrogens with zero attached hydrogens (tertiary/aromatic N) is 1. The summed E-state index contributed by atoms with van der Waals surface area (Å²) in [5, 5.41) is 3.02. The zero-order valence-corrected chi connectivity index (χ0v) is 9.38. The molecule has 0 aromatic carbocycles. The van der Waals surface area contributed by atoms with Crippen molar-refractivity contribution in [2.24, 2.45) is 0 Å². The minimum absolute atomic E-state index is 0.258. The Morgan fingerprint density at radius 3 is 2.67 bits per heavy atom. The molecule has 1 N–H and O–H groups in total. The number of ether oxygens (including phenoxy) is 2. The van der Waals surface area contributed by atoms with Crippen LogP contribution in [0.4, 0.5) is 5.82 Å². The fourth-order valence-corrected chi connectivity index (χ4v) is 1.30. The molecule has 0 aliphatic heterocycles. The van der Waals surface area contributed by atoms with Gasteiger partial charge < -0.3 is 14.8 Å². The molecule has 0 saturated carbocycles. The largest absolute Gasteiger partial charge is 0.480 e. The van der Waals surface area contributed by atoms with Crippen LogP contribution >= 0.6 is 11.6 Å². The molecule has 0 aliphatic rings. The summed E-state index contributed by atoms with van der Waals surface area (Å²) in [6.07, 6.45) is 0. The van der Waals surface area contributed by atoms with E-state index in [1.54, 1.807) is 7.05 Å². The van der Waals surface area contributed by atoms with E-state index in [-0.39, 0.29) is 16.5 Å². The molecule has 6 heteroatoms. The predicted molar refractivity (Wildman–Crippen MR) is 56.7 cm³/mol. The maximum absolute atomic E-state index is 11.3. The molecule has 15 heavy (non-hydrogen) atoms. The van der Waals surface area contributed by atoms with Crippen LogP contribution in [0, 0.1) is 0 Å². The summed E-state index contributed by atoms with van der Waals surface area (Å²) in [4.78, 5) is 15.4. The number of nitrogens with one attached hydrogen (secondary N) is 1. The van der Waals surface area contributed by atoms with E-state index < -0.39 is 5.97 Å². The molecule has 0 radical (unpaired) electrons. The highest BCUT2D eigenvalue weighted by molar-refractivity contribution is 6.32. The van der Waals surface area contributed by atoms with Crippen molar-refractivity contribution in [2.45, 2.75) is 0 Å². The molecule has 0 saturated heterocycles. The van der Waals surface area contributed by atoms with Crippen LogP contribution in [0.5, 0.6) is 5.88 Å². The van der Waals surface area contributed by atoms with Crippen molar-refractivity contribution in [1.29, 1.82) is 0 Å². The van der Waals surface area contributed by atoms with Crippen molar-refractivity contribution in [1.82, 2.24) is 4.98 Å². The number of hydrogen-bond donors (Lipinski definition) is 1. The second-order valence-corrected chi connectivity index (χ2v) is 3.02. The molecule has 0 amide bonds. The molecule has 0 bridgehead atoms. The van der Waals surface area contributed by atoms with E-state index in [2.05, 4.69) is 15.0 Å². The normalized spacial score (nSPS) is 9.60. The van der Waals surface area contributed by atoms with Gasteiger partial charge in [-0.15, -0.1) is 0 Å². The summed E-state index contributed by atoms with van der Waals surface area (Å²) in [5.74, 6) is 0.119. The van der Waals surface area contributed by atoms with Gasteiger partial charge >= 0.3 is 5.97 Å². The summed E-state index contributed by atoms with van der Waals surface area (Å²) >= 11 is 5.84. The molecular weight excluding hydrogens is 220 g/mol. The van der Waals surface area contributed by atoms with Gasteiger partial charge in [-0.25, -0.2) is 4.79 Å². The summed E-state index contributed by atoms with van der Waals surface area (Å²) in [5.41, 5.74) is 0.269. The average molecular weight is 231 g/mol. The molecule has 0 aliphatic carbocycles. The van der Waals surface area contributed by atoms with Crippen LogP contribution in [-0.2, 0) is 4.74 Å². The number of anilines is 1. The Hall–Kier alpha value is -1.49. The highest BCUT2D eigenvalue weighted by atomic mass is 35.5. The minimum Gasteiger partial charge on any atom is -0.480 e. The van der Waals surface area contributed by atoms with Gasteiger partial charge in [-0.3, -0.25) is 0 Å². The number of carbonyl (C=O) groups is 1. The fraction of sp³-hybridized carbons (Fsp3) is 0.333. The molecule has 1 aromatic rings. The summed E-state index contributed by atoms with van der Waals surface area (Å²) in [7, 11) is 4.38. The van der Waals surface area contributed by atoms with Crippen molar-refractivity contribution >= 4 is 23.4 Å². The summed E-state index contributed by atoms with van der Waals surface area (Å²) in [6.45, 7) is 0. The maximum Gasteiger partial charge on any atom is 0.341 e. The third-order valence-electron chi connectivity index (χ3n) is 1.78. The van der Waals surface area contributed by atoms with Crippen molar-refractivity contribution in [3.8, 4) is 5.88 Å². The van der Waals surface area contributed by atoms with Gasteiger partial charge in [0.1, 0.15) is 16.4 Å². The maximum atomic E-state index is 11.3. The lowest BCUT2D eigenvalue weighted by atomic mass is 10.2. The molecular formula is C9H11ClN2O3. The van der Waals surface area contributed by atoms with Gasteiger partial charge in [-0.2, -0.15) is 4.98 Å². The van der Waals surface area contributed by atoms with Crippen LogP contribution in [0.2, 0.25) is 5.02 Å². The van der Waals surface area contributed by atoms with Crippen molar-refractivity contribution in [2.75, 3.05) is 26.6 Å². The zero-order valence-electron chi connectivity index (χ0n) is 8.63. The first-order chi connectivity index (χ1) is 7.13. The molecule has 82 valence electrons. The Morgan fingerprint density at radius 1 is 1.53 bits per heavy atom. The molecule has 1 aromatic heterocycles. The molecule has 5 nitrogen and oxygen atoms in total. The van der Waals surface area contributed by atoms with Gasteiger partial charge in [0.25, 0.3) is 0 Å². The van der Waals surface area contributed by atoms with E-state index >= 15 is 0 Å². The Labute approximate surface area is 92.4 Å². The van der Waals surface area contributed by atoms with Crippen LogP contribution in [0.15, 0.2) is 6.07 Å². The number of halogens is 1. The van der Waals surface area contributed by atoms with Gasteiger partial charge in [0.2, 0.25) is 5.88 Å². The first-order valence-corrected chi connectivity index (χ1v) is 4.52. The first-order valence-electron chi connectivity index (χ1n) is 4.14. The molecule has 0 spiro atoms. The van der Waals surface area contributed by atoms with Crippen LogP contribution in [0.3, 0.4) is 0 Å². The van der Waals surface area contributed by atoms with E-state index in [4.69, 9.17) is 16.3 Å². The Morgan fingerprint density at radius 2 is 2.20 bits per heavy atom. The van der Waals surface area contributed by atoms with E-state index in [0.717, 1.165) is 0 Å². The Kier molecular flexibility index (Phi) is 3.74. The predicted octanol–water partition coefficient (Wildman–Crippen LogP) is 1.57. The number of aromatic nitrogens is 1. The molecule has 0 unspecified atom stereocenters. The number of rotatable bonds is 3. The summed E-state index contributed by atoms with van der Waals surface area (Å²) < 4.78 is 9.51. The second-order valence-electron chi connectivity index (χ2n) is 2.62. The van der Waals surface area contributed by atoms with Gasteiger partial charge in [-0.1, -0.05) is 11.6 Å². The molecule has 0 atom stereocenters. The minimum atomic E-state index is -0.503. The second kappa shape index (κ2) is 4.84. The standard InChI is InChI=1S/C9H11ClN2O3/c1-11-7-5(9(13)15-3)4-6(10)8(12-7)14-2/h4H,1-3H3,(H,11,12). The SMILES string of the molecule is CNc1nc(OC)c(Cl)cc1C(=O)OC. The topological polar surface area (TPSA) is 60.5 Å². The third kappa shape index (κ3) is 2.30. The highest BCUT2D eigenvalue weighted by Crippen LogP contribution is 2.27. The number of carbonyl (C=O) groups excluding carboxylic acids is 1. The quantitative estimate of drug-likeness (QED) is 0.799. The van der Waals surface area contributed by atoms with Gasteiger partial charge in [0.05, 0.1) is 14.2 Å². The van der Waals surface area contributed by atoms with Crippen molar-refractivity contribution in [3.63, 3.8) is 0 Å². The first kappa shape index (κ1) is 11.6. The zero-order chi connectivity index (χ0) is 11.4. The molecule has 0 fully saturated rings. The van der Waals surface area contributed by atoms with Crippen molar-refractivity contribution in [3.05, 3.63) is 16.7 Å². The smallest absolute Gasteiger partial charge is 0.341 e. The lowest BCUT2D eigenvalue weighted by Gasteiger charge is -2.09. The number of pyridine rings is 1. The van der Waals surface area contributed by atoms with E-state index in [0.29, 0.717) is 5.82 Å². The van der Waals surface area contributed by atoms with E-state index in [9.17, 15) is 4.79 Å². The number of methoxy groups -OCH3 is 2. The van der Waals surface area contributed by atoms with Gasteiger partial charge in [-0.05, 0) is 6.07 Å². The molecule has 1 heterocycles. The lowest BCUT2D eigenvalue weighted by molar-refractivity contribution is 0.0601. The van der Waals surface area contributed by atoms with E-state index in [1.807, 2.05) is 0 Å². The summed E-state index contributed by atoms with van der Waals surface area (Å²) in [6, 6.07) is 1.45. The fourth-order valence-electron chi connectivity index (χ4n) is 1.07. The lowest BCUT2D eigenvalue weighted by Crippen LogP contribution is -2.08. The van der Waals surface area contributed by atoms with E-state index in [1.165, 1.54) is 20.3 Å². The molecule has 1 rings (SSSR count). The van der Waals surface area contributed by atoms with Gasteiger partial charge in [0.15, 0.2) is 0 Å². The van der Waals surface area contributed by atoms with Crippen molar-refractivity contribution < 1.29 is 14.3 Å². The Bertz CT molecular complexity index is 382. The monoisotopic (exact) mass is 230 g/mol. The van der Waals surface area contributed by atoms with Crippen LogP contribution < -0.4 is 10.1 Å². The Balaban J connectivity index is 3.27. The average Bonchev–Trinajstić information content (AvgIpc) is 2.27. The van der Waals surface area contributed by atoms with Crippen LogP contribution in [0.1, 0.15) is 10.4 Å². The number of hydrogen-bond acceptors (Lipinski definition) is 5. The van der Waals surface area contributed by atoms with Crippen LogP contribution in [0.25, 0.3) is 0 Å². The third-order valence-corrected chi connectivity index (χ3v) is 2.05. The number of esters is 1. The highest BCUT2D eigenvalue weighted by Gasteiger charge is 2.16. The van der Waals surface area contributed by atoms with Crippen LogP contribution in [-0.4, -0.2) is 32.2 Å².